The molecular formula is C11H18ClN3S. The van der Waals surface area contributed by atoms with E-state index in [1.54, 1.807) is 11.3 Å². The molecule has 1 saturated heterocycles. The van der Waals surface area contributed by atoms with Crippen molar-refractivity contribution >= 4 is 22.9 Å². The maximum Gasteiger partial charge on any atom is 0.183 e. The summed E-state index contributed by atoms with van der Waals surface area (Å²) < 4.78 is 0.644. The second kappa shape index (κ2) is 5.00. The molecule has 0 bridgehead atoms. The second-order valence-corrected chi connectivity index (χ2v) is 6.33. The highest BCUT2D eigenvalue weighted by Gasteiger charge is 2.26. The highest BCUT2D eigenvalue weighted by Crippen LogP contribution is 2.21. The molecule has 3 nitrogen and oxygen atoms in total. The van der Waals surface area contributed by atoms with Crippen LogP contribution in [0, 0.1) is 0 Å². The minimum Gasteiger partial charge on any atom is -0.298 e. The summed E-state index contributed by atoms with van der Waals surface area (Å²) in [7, 11) is 2.20. The standard InChI is InChI=1S/C11H18ClN3S/c1-8-5-15(6-9(2)14(8)3)7-10-4-13-11(12)16-10/h4,8-9H,5-7H2,1-3H3. The van der Waals surface area contributed by atoms with Crippen molar-refractivity contribution in [2.75, 3.05) is 20.1 Å². The predicted octanol–water partition coefficient (Wildman–Crippen LogP) is 2.32. The molecule has 1 fully saturated rings. The zero-order chi connectivity index (χ0) is 11.7. The van der Waals surface area contributed by atoms with Crippen LogP contribution in [-0.2, 0) is 6.54 Å². The average molecular weight is 260 g/mol. The number of rotatable bonds is 2. The lowest BCUT2D eigenvalue weighted by Crippen LogP contribution is -2.54. The number of aromatic nitrogens is 1. The molecule has 90 valence electrons. The van der Waals surface area contributed by atoms with E-state index in [1.807, 2.05) is 6.20 Å². The summed E-state index contributed by atoms with van der Waals surface area (Å²) in [4.78, 5) is 10.3. The number of halogens is 1. The van der Waals surface area contributed by atoms with Crippen molar-refractivity contribution in [3.05, 3.63) is 15.5 Å². The SMILES string of the molecule is CC1CN(Cc2cnc(Cl)s2)CC(C)N1C. The molecule has 5 heteroatoms. The van der Waals surface area contributed by atoms with Crippen LogP contribution in [0.4, 0.5) is 0 Å². The van der Waals surface area contributed by atoms with Crippen LogP contribution in [0.1, 0.15) is 18.7 Å². The third-order valence-electron chi connectivity index (χ3n) is 3.34. The monoisotopic (exact) mass is 259 g/mol. The van der Waals surface area contributed by atoms with Crippen molar-refractivity contribution in [2.45, 2.75) is 32.5 Å². The van der Waals surface area contributed by atoms with Crippen molar-refractivity contribution in [1.82, 2.24) is 14.8 Å². The fourth-order valence-corrected chi connectivity index (χ4v) is 3.24. The van der Waals surface area contributed by atoms with Gasteiger partial charge in [0.15, 0.2) is 4.47 Å². The lowest BCUT2D eigenvalue weighted by Gasteiger charge is -2.42. The van der Waals surface area contributed by atoms with Crippen LogP contribution in [-0.4, -0.2) is 47.0 Å². The Labute approximate surface area is 106 Å². The van der Waals surface area contributed by atoms with E-state index >= 15 is 0 Å². The summed E-state index contributed by atoms with van der Waals surface area (Å²) in [6.07, 6.45) is 1.89. The molecule has 2 rings (SSSR count). The van der Waals surface area contributed by atoms with Crippen LogP contribution in [0.25, 0.3) is 0 Å². The van der Waals surface area contributed by atoms with Gasteiger partial charge in [-0.1, -0.05) is 11.6 Å². The van der Waals surface area contributed by atoms with E-state index in [-0.39, 0.29) is 0 Å². The average Bonchev–Trinajstić information content (AvgIpc) is 2.60. The Kier molecular flexibility index (Phi) is 3.85. The van der Waals surface area contributed by atoms with Crippen LogP contribution in [0.5, 0.6) is 0 Å². The lowest BCUT2D eigenvalue weighted by atomic mass is 10.1. The number of piperazine rings is 1. The minimum atomic E-state index is 0.618. The Bertz CT molecular complexity index is 343. The summed E-state index contributed by atoms with van der Waals surface area (Å²) in [5.41, 5.74) is 0. The molecule has 16 heavy (non-hydrogen) atoms. The van der Waals surface area contributed by atoms with Crippen LogP contribution in [0.3, 0.4) is 0 Å². The van der Waals surface area contributed by atoms with Crippen LogP contribution in [0.2, 0.25) is 4.47 Å². The van der Waals surface area contributed by atoms with Gasteiger partial charge in [0.1, 0.15) is 0 Å². The number of hydrogen-bond acceptors (Lipinski definition) is 4. The normalized spacial score (nSPS) is 28.5. The first-order chi connectivity index (χ1) is 7.56. The van der Waals surface area contributed by atoms with E-state index in [1.165, 1.54) is 4.88 Å². The first-order valence-electron chi connectivity index (χ1n) is 5.60. The van der Waals surface area contributed by atoms with Crippen LogP contribution >= 0.6 is 22.9 Å². The fraction of sp³-hybridized carbons (Fsp3) is 0.727. The molecule has 0 spiro atoms. The topological polar surface area (TPSA) is 19.4 Å². The van der Waals surface area contributed by atoms with Crippen molar-refractivity contribution in [1.29, 1.82) is 0 Å². The smallest absolute Gasteiger partial charge is 0.183 e. The molecular weight excluding hydrogens is 242 g/mol. The molecule has 1 aromatic rings. The highest BCUT2D eigenvalue weighted by atomic mass is 35.5. The third-order valence-corrected chi connectivity index (χ3v) is 4.44. The number of hydrogen-bond donors (Lipinski definition) is 0. The number of thiazole rings is 1. The van der Waals surface area contributed by atoms with Crippen molar-refractivity contribution < 1.29 is 0 Å². The van der Waals surface area contributed by atoms with Gasteiger partial charge in [-0.05, 0) is 20.9 Å². The van der Waals surface area contributed by atoms with Gasteiger partial charge in [0.25, 0.3) is 0 Å². The van der Waals surface area contributed by atoms with E-state index < -0.39 is 0 Å². The minimum absolute atomic E-state index is 0.618. The Morgan fingerprint density at radius 1 is 1.44 bits per heavy atom. The number of likely N-dealkylation sites (N-methyl/N-ethyl adjacent to an activating group) is 1. The van der Waals surface area contributed by atoms with E-state index in [0.717, 1.165) is 19.6 Å². The molecule has 1 aliphatic rings. The Morgan fingerprint density at radius 3 is 2.56 bits per heavy atom. The van der Waals surface area contributed by atoms with Gasteiger partial charge in [0.05, 0.1) is 0 Å². The largest absolute Gasteiger partial charge is 0.298 e. The van der Waals surface area contributed by atoms with Gasteiger partial charge in [-0.3, -0.25) is 9.80 Å². The van der Waals surface area contributed by atoms with Gasteiger partial charge in [0.2, 0.25) is 0 Å². The van der Waals surface area contributed by atoms with Crippen LogP contribution in [0.15, 0.2) is 6.20 Å². The first kappa shape index (κ1) is 12.3. The molecule has 2 unspecified atom stereocenters. The maximum absolute atomic E-state index is 5.84. The Morgan fingerprint density at radius 2 is 2.06 bits per heavy atom. The first-order valence-corrected chi connectivity index (χ1v) is 6.80. The zero-order valence-corrected chi connectivity index (χ0v) is 11.6. The Hall–Kier alpha value is -0.160. The van der Waals surface area contributed by atoms with E-state index in [4.69, 9.17) is 11.6 Å². The second-order valence-electron chi connectivity index (χ2n) is 4.64. The van der Waals surface area contributed by atoms with Gasteiger partial charge < -0.3 is 0 Å². The molecule has 2 atom stereocenters. The predicted molar refractivity (Wildman–Crippen MR) is 69.1 cm³/mol. The van der Waals surface area contributed by atoms with Gasteiger partial charge in [0, 0.05) is 42.8 Å². The molecule has 1 aromatic heterocycles. The summed E-state index contributed by atoms with van der Waals surface area (Å²) in [5, 5.41) is 0. The van der Waals surface area contributed by atoms with Gasteiger partial charge in [-0.25, -0.2) is 4.98 Å². The van der Waals surface area contributed by atoms with E-state index in [2.05, 4.69) is 35.7 Å². The zero-order valence-electron chi connectivity index (χ0n) is 9.98. The highest BCUT2D eigenvalue weighted by molar-refractivity contribution is 7.15. The van der Waals surface area contributed by atoms with Crippen molar-refractivity contribution in [3.8, 4) is 0 Å². The summed E-state index contributed by atoms with van der Waals surface area (Å²) in [5.74, 6) is 0. The summed E-state index contributed by atoms with van der Waals surface area (Å²) in [6.45, 7) is 7.78. The molecule has 0 radical (unpaired) electrons. The summed E-state index contributed by atoms with van der Waals surface area (Å²) >= 11 is 7.42. The quantitative estimate of drug-likeness (QED) is 0.813. The Balaban J connectivity index is 1.96. The van der Waals surface area contributed by atoms with Crippen molar-refractivity contribution in [2.24, 2.45) is 0 Å². The number of nitrogens with zero attached hydrogens (tertiary/aromatic N) is 3. The lowest BCUT2D eigenvalue weighted by molar-refractivity contribution is 0.0562. The molecule has 0 aromatic carbocycles. The molecule has 0 saturated carbocycles. The van der Waals surface area contributed by atoms with Crippen LogP contribution < -0.4 is 0 Å². The molecule has 0 N–H and O–H groups in total. The third kappa shape index (κ3) is 2.74. The molecule has 1 aliphatic heterocycles. The molecule has 2 heterocycles. The van der Waals surface area contributed by atoms with E-state index in [9.17, 15) is 0 Å². The fourth-order valence-electron chi connectivity index (χ4n) is 2.22. The maximum atomic E-state index is 5.84. The molecule has 0 aliphatic carbocycles. The molecule has 0 amide bonds. The summed E-state index contributed by atoms with van der Waals surface area (Å²) in [6, 6.07) is 1.24. The van der Waals surface area contributed by atoms with Gasteiger partial charge in [-0.2, -0.15) is 0 Å². The van der Waals surface area contributed by atoms with Gasteiger partial charge >= 0.3 is 0 Å². The van der Waals surface area contributed by atoms with E-state index in [0.29, 0.717) is 16.6 Å². The van der Waals surface area contributed by atoms with Gasteiger partial charge in [-0.15, -0.1) is 11.3 Å². The van der Waals surface area contributed by atoms with Crippen molar-refractivity contribution in [3.63, 3.8) is 0 Å².